The third-order valence-corrected chi connectivity index (χ3v) is 4.19. The van der Waals surface area contributed by atoms with Crippen LogP contribution in [-0.2, 0) is 11.4 Å². The Morgan fingerprint density at radius 2 is 1.68 bits per heavy atom. The van der Waals surface area contributed by atoms with Gasteiger partial charge in [0.15, 0.2) is 11.5 Å². The molecule has 3 rings (SSSR count). The third kappa shape index (κ3) is 6.17. The minimum atomic E-state index is -0.444. The van der Waals surface area contributed by atoms with E-state index in [0.29, 0.717) is 35.0 Å². The van der Waals surface area contributed by atoms with E-state index in [1.54, 1.807) is 42.5 Å². The van der Waals surface area contributed by atoms with Gasteiger partial charge in [-0.05, 0) is 41.5 Å². The third-order valence-electron chi connectivity index (χ3n) is 4.19. The number of rotatable bonds is 8. The smallest absolute Gasteiger partial charge is 0.308 e. The SMILES string of the molecule is COc1cc(/C=N/NC(=O)c2ccccc2OCc2ccccc2)ccc1OC(C)=O. The average Bonchev–Trinajstić information content (AvgIpc) is 2.79. The normalized spacial score (nSPS) is 10.5. The Hall–Kier alpha value is -4.13. The number of nitrogens with zero attached hydrogens (tertiary/aromatic N) is 1. The summed E-state index contributed by atoms with van der Waals surface area (Å²) in [7, 11) is 1.47. The summed E-state index contributed by atoms with van der Waals surface area (Å²) in [6.07, 6.45) is 1.46. The van der Waals surface area contributed by atoms with Gasteiger partial charge in [0.2, 0.25) is 0 Å². The molecule has 0 bridgehead atoms. The van der Waals surface area contributed by atoms with Crippen LogP contribution in [0.1, 0.15) is 28.4 Å². The number of carbonyl (C=O) groups is 2. The first-order valence-corrected chi connectivity index (χ1v) is 9.52. The monoisotopic (exact) mass is 418 g/mol. The van der Waals surface area contributed by atoms with Crippen molar-refractivity contribution in [1.29, 1.82) is 0 Å². The van der Waals surface area contributed by atoms with Crippen molar-refractivity contribution in [3.05, 3.63) is 89.5 Å². The van der Waals surface area contributed by atoms with Gasteiger partial charge < -0.3 is 14.2 Å². The maximum absolute atomic E-state index is 12.6. The van der Waals surface area contributed by atoms with E-state index >= 15 is 0 Å². The molecule has 158 valence electrons. The Bertz CT molecular complexity index is 1080. The fourth-order valence-corrected chi connectivity index (χ4v) is 2.74. The van der Waals surface area contributed by atoms with Gasteiger partial charge in [-0.15, -0.1) is 0 Å². The Labute approximate surface area is 180 Å². The van der Waals surface area contributed by atoms with Crippen LogP contribution in [0, 0.1) is 0 Å². The highest BCUT2D eigenvalue weighted by atomic mass is 16.6. The van der Waals surface area contributed by atoms with E-state index in [-0.39, 0.29) is 0 Å². The van der Waals surface area contributed by atoms with Gasteiger partial charge in [-0.1, -0.05) is 42.5 Å². The second-order valence-electron chi connectivity index (χ2n) is 6.47. The van der Waals surface area contributed by atoms with Crippen molar-refractivity contribution in [2.45, 2.75) is 13.5 Å². The van der Waals surface area contributed by atoms with E-state index in [1.165, 1.54) is 20.2 Å². The number of benzene rings is 3. The highest BCUT2D eigenvalue weighted by Gasteiger charge is 2.12. The lowest BCUT2D eigenvalue weighted by Crippen LogP contribution is -2.18. The summed E-state index contributed by atoms with van der Waals surface area (Å²) >= 11 is 0. The van der Waals surface area contributed by atoms with E-state index in [1.807, 2.05) is 30.3 Å². The lowest BCUT2D eigenvalue weighted by Gasteiger charge is -2.10. The number of methoxy groups -OCH3 is 1. The number of hydrazone groups is 1. The largest absolute Gasteiger partial charge is 0.493 e. The number of nitrogens with one attached hydrogen (secondary N) is 1. The molecule has 1 amide bonds. The van der Waals surface area contributed by atoms with Crippen molar-refractivity contribution in [3.8, 4) is 17.2 Å². The zero-order chi connectivity index (χ0) is 22.1. The van der Waals surface area contributed by atoms with E-state index < -0.39 is 11.9 Å². The molecular weight excluding hydrogens is 396 g/mol. The second kappa shape index (κ2) is 10.6. The van der Waals surface area contributed by atoms with Gasteiger partial charge in [-0.3, -0.25) is 9.59 Å². The summed E-state index contributed by atoms with van der Waals surface area (Å²) in [6.45, 7) is 1.66. The quantitative estimate of drug-likeness (QED) is 0.259. The fourth-order valence-electron chi connectivity index (χ4n) is 2.74. The van der Waals surface area contributed by atoms with Gasteiger partial charge in [-0.2, -0.15) is 5.10 Å². The average molecular weight is 418 g/mol. The van der Waals surface area contributed by atoms with Crippen LogP contribution < -0.4 is 19.6 Å². The van der Waals surface area contributed by atoms with Crippen molar-refractivity contribution < 1.29 is 23.8 Å². The van der Waals surface area contributed by atoms with Gasteiger partial charge in [0.05, 0.1) is 18.9 Å². The number of amides is 1. The van der Waals surface area contributed by atoms with Crippen molar-refractivity contribution in [2.75, 3.05) is 7.11 Å². The Morgan fingerprint density at radius 1 is 0.935 bits per heavy atom. The fraction of sp³-hybridized carbons (Fsp3) is 0.125. The maximum atomic E-state index is 12.6. The number of esters is 1. The van der Waals surface area contributed by atoms with Gasteiger partial charge >= 0.3 is 5.97 Å². The van der Waals surface area contributed by atoms with Crippen LogP contribution >= 0.6 is 0 Å². The molecule has 0 saturated carbocycles. The molecule has 1 N–H and O–H groups in total. The van der Waals surface area contributed by atoms with Crippen molar-refractivity contribution in [2.24, 2.45) is 5.10 Å². The van der Waals surface area contributed by atoms with Gasteiger partial charge in [0.25, 0.3) is 5.91 Å². The molecule has 0 aliphatic heterocycles. The van der Waals surface area contributed by atoms with Crippen LogP contribution in [-0.4, -0.2) is 25.2 Å². The molecular formula is C24H22N2O5. The summed E-state index contributed by atoms with van der Waals surface area (Å²) < 4.78 is 16.1. The highest BCUT2D eigenvalue weighted by molar-refractivity contribution is 5.97. The molecule has 3 aromatic rings. The summed E-state index contributed by atoms with van der Waals surface area (Å²) in [5.74, 6) is 0.306. The summed E-state index contributed by atoms with van der Waals surface area (Å²) in [4.78, 5) is 23.7. The van der Waals surface area contributed by atoms with Crippen LogP contribution in [0.15, 0.2) is 77.9 Å². The first-order chi connectivity index (χ1) is 15.1. The maximum Gasteiger partial charge on any atom is 0.308 e. The molecule has 0 saturated heterocycles. The zero-order valence-corrected chi connectivity index (χ0v) is 17.2. The number of hydrogen-bond donors (Lipinski definition) is 1. The highest BCUT2D eigenvalue weighted by Crippen LogP contribution is 2.27. The Kier molecular flexibility index (Phi) is 7.37. The van der Waals surface area contributed by atoms with Crippen LogP contribution in [0.2, 0.25) is 0 Å². The molecule has 0 atom stereocenters. The standard InChI is InChI=1S/C24H22N2O5/c1-17(27)31-22-13-12-19(14-23(22)29-2)15-25-26-24(28)20-10-6-7-11-21(20)30-16-18-8-4-3-5-9-18/h3-15H,16H2,1-2H3,(H,26,28)/b25-15+. The summed E-state index contributed by atoms with van der Waals surface area (Å²) in [5, 5.41) is 4.00. The molecule has 0 aliphatic rings. The second-order valence-corrected chi connectivity index (χ2v) is 6.47. The molecule has 0 aromatic heterocycles. The van der Waals surface area contributed by atoms with Crippen LogP contribution in [0.4, 0.5) is 0 Å². The lowest BCUT2D eigenvalue weighted by molar-refractivity contribution is -0.132. The predicted molar refractivity (Wildman–Crippen MR) is 117 cm³/mol. The first kappa shape index (κ1) is 21.6. The molecule has 7 nitrogen and oxygen atoms in total. The summed E-state index contributed by atoms with van der Waals surface area (Å²) in [6, 6.07) is 21.6. The van der Waals surface area contributed by atoms with E-state index in [2.05, 4.69) is 10.5 Å². The molecule has 0 radical (unpaired) electrons. The Morgan fingerprint density at radius 3 is 2.42 bits per heavy atom. The van der Waals surface area contributed by atoms with Crippen LogP contribution in [0.25, 0.3) is 0 Å². The lowest BCUT2D eigenvalue weighted by atomic mass is 10.2. The van der Waals surface area contributed by atoms with Crippen molar-refractivity contribution >= 4 is 18.1 Å². The number of ether oxygens (including phenoxy) is 3. The zero-order valence-electron chi connectivity index (χ0n) is 17.2. The van der Waals surface area contributed by atoms with Gasteiger partial charge in [-0.25, -0.2) is 5.43 Å². The van der Waals surface area contributed by atoms with Crippen LogP contribution in [0.5, 0.6) is 17.2 Å². The topological polar surface area (TPSA) is 86.2 Å². The molecule has 0 unspecified atom stereocenters. The Balaban J connectivity index is 1.65. The van der Waals surface area contributed by atoms with Gasteiger partial charge in [0, 0.05) is 6.92 Å². The van der Waals surface area contributed by atoms with Crippen molar-refractivity contribution in [1.82, 2.24) is 5.43 Å². The minimum absolute atomic E-state index is 0.306. The molecule has 7 heteroatoms. The number of hydrogen-bond acceptors (Lipinski definition) is 6. The molecule has 0 aliphatic carbocycles. The van der Waals surface area contributed by atoms with E-state index in [0.717, 1.165) is 5.56 Å². The van der Waals surface area contributed by atoms with E-state index in [9.17, 15) is 9.59 Å². The van der Waals surface area contributed by atoms with Crippen molar-refractivity contribution in [3.63, 3.8) is 0 Å². The predicted octanol–water partition coefficient (Wildman–Crippen LogP) is 3.96. The molecule has 0 fully saturated rings. The first-order valence-electron chi connectivity index (χ1n) is 9.52. The number of para-hydroxylation sites is 1. The van der Waals surface area contributed by atoms with Crippen LogP contribution in [0.3, 0.4) is 0 Å². The van der Waals surface area contributed by atoms with Gasteiger partial charge in [0.1, 0.15) is 12.4 Å². The molecule has 0 heterocycles. The summed E-state index contributed by atoms with van der Waals surface area (Å²) in [5.41, 5.74) is 4.52. The van der Waals surface area contributed by atoms with E-state index in [4.69, 9.17) is 14.2 Å². The molecule has 3 aromatic carbocycles. The molecule has 31 heavy (non-hydrogen) atoms. The minimum Gasteiger partial charge on any atom is -0.493 e. The number of carbonyl (C=O) groups excluding carboxylic acids is 2. The molecule has 0 spiro atoms.